The fourth-order valence-electron chi connectivity index (χ4n) is 6.90. The van der Waals surface area contributed by atoms with Gasteiger partial charge in [0.15, 0.2) is 17.4 Å². The molecule has 60 heavy (non-hydrogen) atoms. The maximum atomic E-state index is 13.7. The number of amides is 1. The van der Waals surface area contributed by atoms with Gasteiger partial charge in [0.25, 0.3) is 0 Å². The smallest absolute Gasteiger partial charge is 0.419 e. The van der Waals surface area contributed by atoms with Crippen molar-refractivity contribution in [2.45, 2.75) is 50.2 Å². The minimum Gasteiger partial charge on any atom is -0.508 e. The fourth-order valence-corrected chi connectivity index (χ4v) is 6.90. The summed E-state index contributed by atoms with van der Waals surface area (Å²) < 4.78 is 69.7. The average molecular weight is 827 g/mol. The van der Waals surface area contributed by atoms with Crippen LogP contribution in [0.3, 0.4) is 0 Å². The Morgan fingerprint density at radius 2 is 1.37 bits per heavy atom. The molecular weight excluding hydrogens is 785 g/mol. The summed E-state index contributed by atoms with van der Waals surface area (Å²) in [4.78, 5) is 21.9. The van der Waals surface area contributed by atoms with Crippen molar-refractivity contribution in [1.82, 2.24) is 15.2 Å². The zero-order chi connectivity index (χ0) is 42.1. The zero-order valence-electron chi connectivity index (χ0n) is 32.3. The molecule has 12 nitrogen and oxygen atoms in total. The Morgan fingerprint density at radius 1 is 0.750 bits per heavy atom. The quantitative estimate of drug-likeness (QED) is 0.121. The maximum absolute atomic E-state index is 13.7. The number of aliphatic hydroxyl groups excluding tert-OH is 1. The van der Waals surface area contributed by atoms with Crippen LogP contribution in [0.4, 0.5) is 39.7 Å². The van der Waals surface area contributed by atoms with E-state index in [4.69, 9.17) is 19.3 Å². The van der Waals surface area contributed by atoms with E-state index in [0.29, 0.717) is 48.9 Å². The zero-order valence-corrected chi connectivity index (χ0v) is 32.3. The number of carbonyl (C=O) groups excluding carboxylic acids is 1. The monoisotopic (exact) mass is 826 g/mol. The highest BCUT2D eigenvalue weighted by atomic mass is 19.4. The van der Waals surface area contributed by atoms with Gasteiger partial charge in [-0.15, -0.1) is 10.2 Å². The molecule has 16 heteroatoms. The summed E-state index contributed by atoms with van der Waals surface area (Å²) in [5.41, 5.74) is 1.19. The standard InChI is InChI=1S/C23H20FN3O2.C21H22F3N3O4/c24-21-3-1-2-4-22(21)29-20-13-15-27(16-14-20)23-12-9-18(25-26-23)8-5-17-6-10-19(28)11-7-17;22-21(23,24)17-3-1-2-4-18(17)30-15-7-9-26(10-8-15)19-6-5-14(11-25-19)27-12-16(13-28)31-20(27)29/h1-4,6-7,9-12,20,28H,13-16H2;1-6,11,15-16,28H,7-10,12-13H2/t;16-/m.1/s1. The third kappa shape index (κ3) is 10.7. The molecule has 0 aliphatic carbocycles. The summed E-state index contributed by atoms with van der Waals surface area (Å²) in [5, 5.41) is 26.9. The number of benzene rings is 3. The van der Waals surface area contributed by atoms with Crippen LogP contribution in [0, 0.1) is 17.7 Å². The number of hydrogen-bond acceptors (Lipinski definition) is 11. The van der Waals surface area contributed by atoms with Crippen LogP contribution in [0.15, 0.2) is 103 Å². The summed E-state index contributed by atoms with van der Waals surface area (Å²) in [5.74, 6) is 7.52. The Morgan fingerprint density at radius 3 is 1.95 bits per heavy atom. The molecule has 5 heterocycles. The second kappa shape index (κ2) is 19.0. The number of piperidine rings is 2. The van der Waals surface area contributed by atoms with Gasteiger partial charge >= 0.3 is 12.3 Å². The van der Waals surface area contributed by atoms with Crippen LogP contribution >= 0.6 is 0 Å². The first-order valence-corrected chi connectivity index (χ1v) is 19.5. The number of aromatic nitrogens is 3. The number of pyridine rings is 1. The largest absolute Gasteiger partial charge is 0.508 e. The van der Waals surface area contributed by atoms with E-state index in [1.807, 2.05) is 17.0 Å². The van der Waals surface area contributed by atoms with E-state index in [-0.39, 0.29) is 42.7 Å². The molecule has 312 valence electrons. The van der Waals surface area contributed by atoms with Gasteiger partial charge in [0.2, 0.25) is 0 Å². The Labute approximate surface area is 344 Å². The van der Waals surface area contributed by atoms with Crippen molar-refractivity contribution in [1.29, 1.82) is 0 Å². The second-order valence-corrected chi connectivity index (χ2v) is 14.3. The molecule has 3 saturated heterocycles. The molecule has 2 N–H and O–H groups in total. The van der Waals surface area contributed by atoms with Crippen LogP contribution < -0.4 is 24.2 Å². The number of para-hydroxylation sites is 2. The molecule has 3 fully saturated rings. The first kappa shape index (κ1) is 41.6. The second-order valence-electron chi connectivity index (χ2n) is 14.3. The molecule has 1 atom stereocenters. The van der Waals surface area contributed by atoms with Gasteiger partial charge in [-0.1, -0.05) is 30.2 Å². The number of cyclic esters (lactones) is 1. The molecule has 8 rings (SSSR count). The number of anilines is 3. The Kier molecular flexibility index (Phi) is 13.1. The van der Waals surface area contributed by atoms with Gasteiger partial charge in [0, 0.05) is 57.4 Å². The number of hydrogen-bond donors (Lipinski definition) is 2. The topological polar surface area (TPSA) is 134 Å². The van der Waals surface area contributed by atoms with E-state index in [0.717, 1.165) is 43.4 Å². The van der Waals surface area contributed by atoms with Crippen molar-refractivity contribution in [2.75, 3.05) is 54.0 Å². The van der Waals surface area contributed by atoms with Crippen molar-refractivity contribution < 1.29 is 46.8 Å². The molecule has 3 aliphatic heterocycles. The van der Waals surface area contributed by atoms with Crippen LogP contribution in [0.1, 0.15) is 42.5 Å². The Hall–Kier alpha value is -6.60. The van der Waals surface area contributed by atoms with Crippen LogP contribution in [0.25, 0.3) is 0 Å². The molecule has 3 aromatic carbocycles. The summed E-state index contributed by atoms with van der Waals surface area (Å²) in [6, 6.07) is 25.7. The SMILES string of the molecule is O=C1O[C@@H](CO)CN1c1ccc(N2CCC(Oc3ccccc3C(F)(F)F)CC2)nc1.Oc1ccc(C#Cc2ccc(N3CCC(Oc4ccccc4F)CC3)nn2)cc1. The lowest BCUT2D eigenvalue weighted by atomic mass is 10.1. The number of nitrogens with zero attached hydrogens (tertiary/aromatic N) is 6. The molecule has 3 aliphatic rings. The van der Waals surface area contributed by atoms with E-state index in [1.54, 1.807) is 60.8 Å². The Bertz CT molecular complexity index is 2260. The van der Waals surface area contributed by atoms with E-state index in [1.165, 1.54) is 29.2 Å². The molecule has 0 radical (unpaired) electrons. The minimum atomic E-state index is -4.46. The number of ether oxygens (including phenoxy) is 3. The van der Waals surface area contributed by atoms with E-state index >= 15 is 0 Å². The summed E-state index contributed by atoms with van der Waals surface area (Å²) in [7, 11) is 0. The van der Waals surface area contributed by atoms with Gasteiger partial charge in [-0.25, -0.2) is 14.2 Å². The number of rotatable bonds is 8. The average Bonchev–Trinajstić information content (AvgIpc) is 3.65. The normalized spacial score (nSPS) is 17.2. The third-order valence-corrected chi connectivity index (χ3v) is 10.1. The molecule has 2 aromatic heterocycles. The number of phenols is 1. The fraction of sp³-hybridized carbons (Fsp3) is 0.318. The predicted molar refractivity (Wildman–Crippen MR) is 215 cm³/mol. The number of aromatic hydroxyl groups is 1. The van der Waals surface area contributed by atoms with Gasteiger partial charge in [-0.3, -0.25) is 4.90 Å². The molecule has 0 saturated carbocycles. The van der Waals surface area contributed by atoms with Crippen LogP contribution in [0.5, 0.6) is 17.2 Å². The number of phenolic OH excluding ortho intramolecular Hbond substituents is 1. The number of alkyl halides is 3. The van der Waals surface area contributed by atoms with Crippen molar-refractivity contribution in [3.63, 3.8) is 0 Å². The van der Waals surface area contributed by atoms with Gasteiger partial charge in [-0.2, -0.15) is 13.2 Å². The summed E-state index contributed by atoms with van der Waals surface area (Å²) >= 11 is 0. The molecular formula is C44H42F4N6O6. The van der Waals surface area contributed by atoms with Crippen LogP contribution in [-0.4, -0.2) is 89.1 Å². The van der Waals surface area contributed by atoms with Crippen molar-refractivity contribution in [3.05, 3.63) is 126 Å². The van der Waals surface area contributed by atoms with Gasteiger partial charge in [0.05, 0.1) is 30.6 Å². The van der Waals surface area contributed by atoms with E-state index in [2.05, 4.69) is 31.9 Å². The van der Waals surface area contributed by atoms with Crippen LogP contribution in [-0.2, 0) is 10.9 Å². The highest BCUT2D eigenvalue weighted by Crippen LogP contribution is 2.37. The molecule has 0 unspecified atom stereocenters. The highest BCUT2D eigenvalue weighted by Gasteiger charge is 2.35. The molecule has 1 amide bonds. The minimum absolute atomic E-state index is 0.00782. The maximum Gasteiger partial charge on any atom is 0.419 e. The van der Waals surface area contributed by atoms with Crippen LogP contribution in [0.2, 0.25) is 0 Å². The third-order valence-electron chi connectivity index (χ3n) is 10.1. The van der Waals surface area contributed by atoms with Gasteiger partial charge in [0.1, 0.15) is 41.3 Å². The molecule has 0 bridgehead atoms. The first-order chi connectivity index (χ1) is 29.0. The first-order valence-electron chi connectivity index (χ1n) is 19.5. The van der Waals surface area contributed by atoms with Crippen molar-refractivity contribution in [3.8, 4) is 29.1 Å². The van der Waals surface area contributed by atoms with Crippen molar-refractivity contribution in [2.24, 2.45) is 0 Å². The Balaban J connectivity index is 0.000000182. The molecule has 5 aromatic rings. The van der Waals surface area contributed by atoms with Gasteiger partial charge in [-0.05, 0) is 78.7 Å². The summed E-state index contributed by atoms with van der Waals surface area (Å²) in [6.07, 6.45) is -1.57. The summed E-state index contributed by atoms with van der Waals surface area (Å²) in [6.45, 7) is 2.74. The number of aliphatic hydroxyl groups is 1. The van der Waals surface area contributed by atoms with E-state index < -0.39 is 23.9 Å². The lowest BCUT2D eigenvalue weighted by Gasteiger charge is -2.33. The predicted octanol–water partition coefficient (Wildman–Crippen LogP) is 7.23. The lowest BCUT2D eigenvalue weighted by Crippen LogP contribution is -2.39. The van der Waals surface area contributed by atoms with Gasteiger partial charge < -0.3 is 34.2 Å². The van der Waals surface area contributed by atoms with E-state index in [9.17, 15) is 27.5 Å². The number of carbonyl (C=O) groups is 1. The highest BCUT2D eigenvalue weighted by molar-refractivity contribution is 5.89. The number of halogens is 4. The molecule has 0 spiro atoms. The lowest BCUT2D eigenvalue weighted by molar-refractivity contribution is -0.139. The van der Waals surface area contributed by atoms with Crippen molar-refractivity contribution >= 4 is 23.4 Å².